The first kappa shape index (κ1) is 6.23. The van der Waals surface area contributed by atoms with E-state index in [0.717, 1.165) is 6.54 Å². The van der Waals surface area contributed by atoms with Crippen LogP contribution < -0.4 is 0 Å². The molecule has 0 aromatic heterocycles. The molecule has 2 aliphatic heterocycles. The zero-order chi connectivity index (χ0) is 6.97. The SMILES string of the molecule is CN1CCC2=C([B]C=C2)C1. The van der Waals surface area contributed by atoms with Crippen LogP contribution in [0.2, 0.25) is 0 Å². The Kier molecular flexibility index (Phi) is 1.42. The van der Waals surface area contributed by atoms with Crippen molar-refractivity contribution in [2.75, 3.05) is 20.1 Å². The Balaban J connectivity index is 2.18. The lowest BCUT2D eigenvalue weighted by molar-refractivity contribution is 0.358. The Morgan fingerprint density at radius 3 is 3.40 bits per heavy atom. The van der Waals surface area contributed by atoms with E-state index in [1.807, 2.05) is 0 Å². The van der Waals surface area contributed by atoms with Crippen molar-refractivity contribution in [2.24, 2.45) is 0 Å². The minimum absolute atomic E-state index is 1.14. The first-order valence-corrected chi connectivity index (χ1v) is 3.78. The molecule has 1 nitrogen and oxygen atoms in total. The Morgan fingerprint density at radius 1 is 1.60 bits per heavy atom. The fourth-order valence-electron chi connectivity index (χ4n) is 1.57. The van der Waals surface area contributed by atoms with Crippen LogP contribution in [0.1, 0.15) is 6.42 Å². The van der Waals surface area contributed by atoms with Gasteiger partial charge in [-0.25, -0.2) is 0 Å². The van der Waals surface area contributed by atoms with Crippen molar-refractivity contribution in [2.45, 2.75) is 6.42 Å². The first-order chi connectivity index (χ1) is 4.86. The van der Waals surface area contributed by atoms with Gasteiger partial charge in [0.1, 0.15) is 0 Å². The largest absolute Gasteiger partial charge is 0.303 e. The summed E-state index contributed by atoms with van der Waals surface area (Å²) < 4.78 is 0. The summed E-state index contributed by atoms with van der Waals surface area (Å²) in [5.41, 5.74) is 3.08. The summed E-state index contributed by atoms with van der Waals surface area (Å²) in [4.78, 5) is 2.36. The fourth-order valence-corrected chi connectivity index (χ4v) is 1.57. The van der Waals surface area contributed by atoms with Gasteiger partial charge in [0.15, 0.2) is 7.28 Å². The van der Waals surface area contributed by atoms with Crippen LogP contribution >= 0.6 is 0 Å². The van der Waals surface area contributed by atoms with E-state index in [1.165, 1.54) is 18.4 Å². The molecule has 2 rings (SSSR count). The molecule has 0 N–H and O–H groups in total. The molecule has 0 aromatic rings. The van der Waals surface area contributed by atoms with Crippen molar-refractivity contribution in [3.63, 3.8) is 0 Å². The van der Waals surface area contributed by atoms with Gasteiger partial charge in [-0.15, -0.1) is 5.98 Å². The Bertz CT molecular complexity index is 205. The van der Waals surface area contributed by atoms with Crippen LogP contribution in [-0.2, 0) is 0 Å². The molecule has 10 heavy (non-hydrogen) atoms. The quantitative estimate of drug-likeness (QED) is 0.441. The fraction of sp³-hybridized carbons (Fsp3) is 0.500. The summed E-state index contributed by atoms with van der Waals surface area (Å²) in [5, 5.41) is 0. The zero-order valence-corrected chi connectivity index (χ0v) is 6.30. The second kappa shape index (κ2) is 2.28. The molecule has 51 valence electrons. The normalized spacial score (nSPS) is 24.9. The van der Waals surface area contributed by atoms with Crippen LogP contribution in [-0.4, -0.2) is 32.3 Å². The van der Waals surface area contributed by atoms with Gasteiger partial charge in [0.2, 0.25) is 0 Å². The van der Waals surface area contributed by atoms with Gasteiger partial charge in [0, 0.05) is 13.1 Å². The maximum atomic E-state index is 2.36. The van der Waals surface area contributed by atoms with Crippen LogP contribution in [0.5, 0.6) is 0 Å². The number of allylic oxidation sites excluding steroid dienone is 1. The number of nitrogens with zero attached hydrogens (tertiary/aromatic N) is 1. The molecule has 0 fully saturated rings. The lowest BCUT2D eigenvalue weighted by Crippen LogP contribution is -2.27. The van der Waals surface area contributed by atoms with Crippen molar-refractivity contribution in [3.05, 3.63) is 23.1 Å². The first-order valence-electron chi connectivity index (χ1n) is 3.78. The van der Waals surface area contributed by atoms with E-state index in [0.29, 0.717) is 0 Å². The van der Waals surface area contributed by atoms with Gasteiger partial charge in [-0.2, -0.15) is 0 Å². The van der Waals surface area contributed by atoms with Gasteiger partial charge in [0.25, 0.3) is 0 Å². The van der Waals surface area contributed by atoms with Gasteiger partial charge in [-0.3, -0.25) is 0 Å². The van der Waals surface area contributed by atoms with E-state index in [9.17, 15) is 0 Å². The van der Waals surface area contributed by atoms with Gasteiger partial charge in [-0.05, 0) is 13.5 Å². The second-order valence-electron chi connectivity index (χ2n) is 3.06. The standard InChI is InChI=1S/C8H11BN/c1-10-5-3-7-2-4-9-8(7)6-10/h2,4H,3,5-6H2,1H3. The monoisotopic (exact) mass is 132 g/mol. The van der Waals surface area contributed by atoms with E-state index >= 15 is 0 Å². The Labute approximate surface area is 62.7 Å². The summed E-state index contributed by atoms with van der Waals surface area (Å²) in [7, 11) is 4.40. The maximum Gasteiger partial charge on any atom is 0.177 e. The smallest absolute Gasteiger partial charge is 0.177 e. The number of rotatable bonds is 0. The lowest BCUT2D eigenvalue weighted by Gasteiger charge is -2.23. The van der Waals surface area contributed by atoms with Crippen molar-refractivity contribution in [1.29, 1.82) is 0 Å². The summed E-state index contributed by atoms with van der Waals surface area (Å²) in [6.07, 6.45) is 3.47. The molecule has 2 heteroatoms. The number of hydrogen-bond donors (Lipinski definition) is 0. The second-order valence-corrected chi connectivity index (χ2v) is 3.06. The van der Waals surface area contributed by atoms with Crippen LogP contribution in [0.3, 0.4) is 0 Å². The third kappa shape index (κ3) is 0.927. The van der Waals surface area contributed by atoms with Gasteiger partial charge >= 0.3 is 0 Å². The predicted octanol–water partition coefficient (Wildman–Crippen LogP) is 0.807. The number of likely N-dealkylation sites (N-methyl/N-ethyl adjacent to an activating group) is 1. The van der Waals surface area contributed by atoms with Crippen LogP contribution in [0, 0.1) is 0 Å². The highest BCUT2D eigenvalue weighted by atomic mass is 15.1. The summed E-state index contributed by atoms with van der Waals surface area (Å²) in [6, 6.07) is 0. The molecule has 0 aliphatic carbocycles. The molecular formula is C8H11BN. The zero-order valence-electron chi connectivity index (χ0n) is 6.30. The average Bonchev–Trinajstić information content (AvgIpc) is 2.33. The summed E-state index contributed by atoms with van der Waals surface area (Å²) in [6.45, 7) is 2.36. The average molecular weight is 132 g/mol. The maximum absolute atomic E-state index is 2.36. The molecule has 0 saturated carbocycles. The molecule has 0 spiro atoms. The van der Waals surface area contributed by atoms with Crippen molar-refractivity contribution >= 4 is 7.28 Å². The highest BCUT2D eigenvalue weighted by Gasteiger charge is 2.16. The van der Waals surface area contributed by atoms with Crippen molar-refractivity contribution in [3.8, 4) is 0 Å². The predicted molar refractivity (Wildman–Crippen MR) is 44.0 cm³/mol. The lowest BCUT2D eigenvalue weighted by atomic mass is 9.71. The minimum atomic E-state index is 1.14. The van der Waals surface area contributed by atoms with Crippen molar-refractivity contribution < 1.29 is 0 Å². The van der Waals surface area contributed by atoms with Crippen LogP contribution in [0.15, 0.2) is 23.1 Å². The Morgan fingerprint density at radius 2 is 2.50 bits per heavy atom. The van der Waals surface area contributed by atoms with E-state index in [1.54, 1.807) is 5.57 Å². The van der Waals surface area contributed by atoms with Crippen LogP contribution in [0.4, 0.5) is 0 Å². The van der Waals surface area contributed by atoms with E-state index < -0.39 is 0 Å². The number of hydrogen-bond acceptors (Lipinski definition) is 1. The highest BCUT2D eigenvalue weighted by Crippen LogP contribution is 2.21. The Hall–Kier alpha value is -0.495. The van der Waals surface area contributed by atoms with Crippen LogP contribution in [0.25, 0.3) is 0 Å². The van der Waals surface area contributed by atoms with Gasteiger partial charge in [-0.1, -0.05) is 17.1 Å². The molecule has 2 heterocycles. The van der Waals surface area contributed by atoms with Crippen molar-refractivity contribution in [1.82, 2.24) is 4.90 Å². The molecule has 0 atom stereocenters. The molecule has 0 unspecified atom stereocenters. The third-order valence-electron chi connectivity index (χ3n) is 2.21. The molecule has 0 bridgehead atoms. The molecule has 2 aliphatic rings. The van der Waals surface area contributed by atoms with E-state index in [-0.39, 0.29) is 0 Å². The topological polar surface area (TPSA) is 3.24 Å². The highest BCUT2D eigenvalue weighted by molar-refractivity contribution is 6.53. The summed E-state index contributed by atoms with van der Waals surface area (Å²) >= 11 is 0. The molecule has 0 amide bonds. The summed E-state index contributed by atoms with van der Waals surface area (Å²) in [5.74, 6) is 2.16. The molecular weight excluding hydrogens is 121 g/mol. The van der Waals surface area contributed by atoms with E-state index in [4.69, 9.17) is 0 Å². The molecule has 0 saturated heterocycles. The minimum Gasteiger partial charge on any atom is -0.303 e. The molecule has 0 aromatic carbocycles. The molecule has 1 radical (unpaired) electrons. The van der Waals surface area contributed by atoms with E-state index in [2.05, 4.69) is 31.3 Å². The van der Waals surface area contributed by atoms with Gasteiger partial charge in [0.05, 0.1) is 0 Å². The third-order valence-corrected chi connectivity index (χ3v) is 2.21. The van der Waals surface area contributed by atoms with Gasteiger partial charge < -0.3 is 4.90 Å².